The molecular formula is C9H13NO4S. The van der Waals surface area contributed by atoms with Gasteiger partial charge in [-0.2, -0.15) is 0 Å². The van der Waals surface area contributed by atoms with Crippen molar-refractivity contribution in [2.75, 3.05) is 20.1 Å². The van der Waals surface area contributed by atoms with Gasteiger partial charge in [-0.15, -0.1) is 0 Å². The van der Waals surface area contributed by atoms with Crippen LogP contribution in [0, 0.1) is 0 Å². The zero-order valence-electron chi connectivity index (χ0n) is 8.56. The molecule has 0 aliphatic carbocycles. The second kappa shape index (κ2) is 4.50. The average molecular weight is 231 g/mol. The molecule has 0 amide bonds. The van der Waals surface area contributed by atoms with Crippen LogP contribution in [0.25, 0.3) is 0 Å². The highest BCUT2D eigenvalue weighted by Crippen LogP contribution is 2.28. The molecule has 0 radical (unpaired) electrons. The Morgan fingerprint density at radius 3 is 2.40 bits per heavy atom. The third-order valence-corrected chi connectivity index (χ3v) is 3.37. The summed E-state index contributed by atoms with van der Waals surface area (Å²) in [5, 5.41) is 0. The fourth-order valence-electron chi connectivity index (χ4n) is 1.12. The van der Waals surface area contributed by atoms with Gasteiger partial charge < -0.3 is 15.2 Å². The van der Waals surface area contributed by atoms with Crippen LogP contribution in [0.15, 0.2) is 23.1 Å². The standard InChI is InChI=1S/C9H13NO4S/c1-13-7-3-4-9(8(5-7)14-2)15(11,12)6-10/h3-5H,6,10H2,1-2H3. The number of hydrogen-bond donors (Lipinski definition) is 1. The monoisotopic (exact) mass is 231 g/mol. The van der Waals surface area contributed by atoms with Crippen LogP contribution >= 0.6 is 0 Å². The van der Waals surface area contributed by atoms with Gasteiger partial charge in [0.05, 0.1) is 14.2 Å². The van der Waals surface area contributed by atoms with E-state index in [9.17, 15) is 8.42 Å². The second-order valence-corrected chi connectivity index (χ2v) is 4.80. The van der Waals surface area contributed by atoms with Gasteiger partial charge in [-0.3, -0.25) is 0 Å². The second-order valence-electron chi connectivity index (χ2n) is 2.80. The van der Waals surface area contributed by atoms with E-state index in [1.54, 1.807) is 6.07 Å². The summed E-state index contributed by atoms with van der Waals surface area (Å²) in [7, 11) is -0.584. The lowest BCUT2D eigenvalue weighted by molar-refractivity contribution is 0.386. The summed E-state index contributed by atoms with van der Waals surface area (Å²) in [6.07, 6.45) is 0. The third kappa shape index (κ3) is 2.40. The number of benzene rings is 1. The van der Waals surface area contributed by atoms with Crippen LogP contribution in [0.2, 0.25) is 0 Å². The molecule has 1 aromatic carbocycles. The molecule has 5 nitrogen and oxygen atoms in total. The van der Waals surface area contributed by atoms with Crippen molar-refractivity contribution < 1.29 is 17.9 Å². The van der Waals surface area contributed by atoms with E-state index in [-0.39, 0.29) is 10.6 Å². The Balaban J connectivity index is 3.31. The third-order valence-electron chi connectivity index (χ3n) is 1.93. The van der Waals surface area contributed by atoms with E-state index < -0.39 is 15.7 Å². The van der Waals surface area contributed by atoms with Gasteiger partial charge in [0.25, 0.3) is 0 Å². The molecule has 0 aliphatic heterocycles. The molecule has 0 heterocycles. The lowest BCUT2D eigenvalue weighted by atomic mass is 10.3. The zero-order valence-corrected chi connectivity index (χ0v) is 9.37. The topological polar surface area (TPSA) is 78.6 Å². The van der Waals surface area contributed by atoms with E-state index in [4.69, 9.17) is 15.2 Å². The van der Waals surface area contributed by atoms with Gasteiger partial charge in [-0.1, -0.05) is 0 Å². The number of rotatable bonds is 4. The predicted molar refractivity (Wildman–Crippen MR) is 55.8 cm³/mol. The van der Waals surface area contributed by atoms with Crippen molar-refractivity contribution in [2.45, 2.75) is 4.90 Å². The lowest BCUT2D eigenvalue weighted by Gasteiger charge is -2.09. The van der Waals surface area contributed by atoms with Gasteiger partial charge in [0.15, 0.2) is 9.84 Å². The van der Waals surface area contributed by atoms with Gasteiger partial charge in [0, 0.05) is 6.07 Å². The normalized spacial score (nSPS) is 11.1. The van der Waals surface area contributed by atoms with Crippen LogP contribution in [0.1, 0.15) is 0 Å². The molecule has 2 N–H and O–H groups in total. The van der Waals surface area contributed by atoms with Crippen LogP contribution in [0.5, 0.6) is 11.5 Å². The van der Waals surface area contributed by atoms with Gasteiger partial charge in [0.1, 0.15) is 22.3 Å². The molecule has 0 fully saturated rings. The summed E-state index contributed by atoms with van der Waals surface area (Å²) in [5.41, 5.74) is 5.16. The highest BCUT2D eigenvalue weighted by Gasteiger charge is 2.18. The molecule has 1 rings (SSSR count). The Morgan fingerprint density at radius 1 is 1.27 bits per heavy atom. The fraction of sp³-hybridized carbons (Fsp3) is 0.333. The Kier molecular flexibility index (Phi) is 3.54. The summed E-state index contributed by atoms with van der Waals surface area (Å²) in [4.78, 5) is 0.0771. The van der Waals surface area contributed by atoms with Crippen molar-refractivity contribution in [1.29, 1.82) is 0 Å². The first-order chi connectivity index (χ1) is 7.05. The largest absolute Gasteiger partial charge is 0.497 e. The molecule has 0 bridgehead atoms. The molecule has 1 aromatic rings. The molecular weight excluding hydrogens is 218 g/mol. The van der Waals surface area contributed by atoms with E-state index in [1.165, 1.54) is 26.4 Å². The number of ether oxygens (including phenoxy) is 2. The van der Waals surface area contributed by atoms with E-state index in [2.05, 4.69) is 0 Å². The quantitative estimate of drug-likeness (QED) is 0.811. The van der Waals surface area contributed by atoms with Crippen LogP contribution in [-0.2, 0) is 9.84 Å². The van der Waals surface area contributed by atoms with Crippen molar-refractivity contribution in [2.24, 2.45) is 5.73 Å². The molecule has 0 atom stereocenters. The molecule has 0 spiro atoms. The van der Waals surface area contributed by atoms with Gasteiger partial charge in [-0.25, -0.2) is 8.42 Å². The minimum absolute atomic E-state index is 0.0771. The van der Waals surface area contributed by atoms with Gasteiger partial charge in [-0.05, 0) is 12.1 Å². The van der Waals surface area contributed by atoms with Gasteiger partial charge in [0.2, 0.25) is 0 Å². The van der Waals surface area contributed by atoms with Crippen molar-refractivity contribution in [3.63, 3.8) is 0 Å². The van der Waals surface area contributed by atoms with Crippen LogP contribution in [0.3, 0.4) is 0 Å². The smallest absolute Gasteiger partial charge is 0.194 e. The number of methoxy groups -OCH3 is 2. The van der Waals surface area contributed by atoms with Gasteiger partial charge >= 0.3 is 0 Å². The maximum Gasteiger partial charge on any atom is 0.194 e. The Hall–Kier alpha value is -1.27. The first-order valence-corrected chi connectivity index (χ1v) is 5.85. The number of sulfone groups is 1. The van der Waals surface area contributed by atoms with Crippen molar-refractivity contribution in [3.8, 4) is 11.5 Å². The molecule has 15 heavy (non-hydrogen) atoms. The predicted octanol–water partition coefficient (Wildman–Crippen LogP) is 0.394. The highest BCUT2D eigenvalue weighted by molar-refractivity contribution is 7.91. The van der Waals surface area contributed by atoms with Crippen LogP contribution in [0.4, 0.5) is 0 Å². The maximum atomic E-state index is 11.5. The van der Waals surface area contributed by atoms with Crippen molar-refractivity contribution in [1.82, 2.24) is 0 Å². The first kappa shape index (κ1) is 11.8. The fourth-order valence-corrected chi connectivity index (χ4v) is 2.03. The molecule has 0 unspecified atom stereocenters. The number of hydrogen-bond acceptors (Lipinski definition) is 5. The van der Waals surface area contributed by atoms with Crippen molar-refractivity contribution in [3.05, 3.63) is 18.2 Å². The van der Waals surface area contributed by atoms with E-state index in [0.717, 1.165) is 0 Å². The molecule has 6 heteroatoms. The van der Waals surface area contributed by atoms with E-state index in [0.29, 0.717) is 5.75 Å². The summed E-state index contributed by atoms with van der Waals surface area (Å²) >= 11 is 0. The van der Waals surface area contributed by atoms with Crippen molar-refractivity contribution >= 4 is 9.84 Å². The zero-order chi connectivity index (χ0) is 11.5. The Labute approximate surface area is 88.7 Å². The minimum Gasteiger partial charge on any atom is -0.497 e. The molecule has 84 valence electrons. The average Bonchev–Trinajstić information content (AvgIpc) is 2.28. The summed E-state index contributed by atoms with van der Waals surface area (Å²) in [6.45, 7) is 0. The Morgan fingerprint density at radius 2 is 1.93 bits per heavy atom. The SMILES string of the molecule is COc1ccc(S(=O)(=O)CN)c(OC)c1. The first-order valence-electron chi connectivity index (χ1n) is 4.20. The van der Waals surface area contributed by atoms with Crippen LogP contribution < -0.4 is 15.2 Å². The summed E-state index contributed by atoms with van der Waals surface area (Å²) < 4.78 is 33.0. The minimum atomic E-state index is -3.47. The number of nitrogens with two attached hydrogens (primary N) is 1. The van der Waals surface area contributed by atoms with Crippen LogP contribution in [-0.4, -0.2) is 28.5 Å². The Bertz CT molecular complexity index is 441. The van der Waals surface area contributed by atoms with E-state index >= 15 is 0 Å². The van der Waals surface area contributed by atoms with E-state index in [1.807, 2.05) is 0 Å². The lowest BCUT2D eigenvalue weighted by Crippen LogP contribution is -2.15. The molecule has 0 aromatic heterocycles. The highest BCUT2D eigenvalue weighted by atomic mass is 32.2. The summed E-state index contributed by atoms with van der Waals surface area (Å²) in [6, 6.07) is 4.47. The molecule has 0 saturated carbocycles. The summed E-state index contributed by atoms with van der Waals surface area (Å²) in [5.74, 6) is 0.318. The maximum absolute atomic E-state index is 11.5. The molecule has 0 saturated heterocycles. The molecule has 0 aliphatic rings.